The Hall–Kier alpha value is -0.790. The molecular weight excluding hydrogens is 164 g/mol. The van der Waals surface area contributed by atoms with E-state index < -0.39 is 0 Å². The Morgan fingerprint density at radius 2 is 2.00 bits per heavy atom. The lowest BCUT2D eigenvalue weighted by atomic mass is 10.2. The summed E-state index contributed by atoms with van der Waals surface area (Å²) in [5.74, 6) is -0.169. The minimum atomic E-state index is -0.169. The van der Waals surface area contributed by atoms with E-state index in [1.54, 1.807) is 0 Å². The predicted molar refractivity (Wildman–Crippen MR) is 54.5 cm³/mol. The Kier molecular flexibility index (Phi) is 7.36. The molecule has 0 unspecified atom stereocenters. The summed E-state index contributed by atoms with van der Waals surface area (Å²) in [6.07, 6.45) is 6.12. The molecule has 0 heterocycles. The molecule has 0 aliphatic carbocycles. The van der Waals surface area contributed by atoms with Crippen molar-refractivity contribution in [1.82, 2.24) is 0 Å². The van der Waals surface area contributed by atoms with Crippen LogP contribution < -0.4 is 0 Å². The number of esters is 1. The van der Waals surface area contributed by atoms with Crippen molar-refractivity contribution in [1.29, 1.82) is 0 Å². The zero-order valence-corrected chi connectivity index (χ0v) is 8.93. The van der Waals surface area contributed by atoms with E-state index in [4.69, 9.17) is 4.74 Å². The van der Waals surface area contributed by atoms with E-state index in [9.17, 15) is 4.79 Å². The SMILES string of the molecule is CCCC/C=C(\C)C(=O)OCCC. The van der Waals surface area contributed by atoms with Gasteiger partial charge in [-0.25, -0.2) is 4.79 Å². The molecule has 0 aromatic heterocycles. The monoisotopic (exact) mass is 184 g/mol. The summed E-state index contributed by atoms with van der Waals surface area (Å²) in [6, 6.07) is 0. The standard InChI is InChI=1S/C11H20O2/c1-4-6-7-8-10(3)11(12)13-9-5-2/h8H,4-7,9H2,1-3H3/b10-8+. The third-order valence-corrected chi connectivity index (χ3v) is 1.77. The van der Waals surface area contributed by atoms with Gasteiger partial charge in [0.25, 0.3) is 0 Å². The molecule has 0 aliphatic heterocycles. The van der Waals surface area contributed by atoms with Crippen LogP contribution in [0.3, 0.4) is 0 Å². The van der Waals surface area contributed by atoms with Gasteiger partial charge in [0.2, 0.25) is 0 Å². The molecule has 2 heteroatoms. The van der Waals surface area contributed by atoms with Crippen molar-refractivity contribution in [3.05, 3.63) is 11.6 Å². The highest BCUT2D eigenvalue weighted by Crippen LogP contribution is 2.02. The number of carbonyl (C=O) groups is 1. The topological polar surface area (TPSA) is 26.3 Å². The summed E-state index contributed by atoms with van der Waals surface area (Å²) in [4.78, 5) is 11.2. The van der Waals surface area contributed by atoms with Crippen LogP contribution >= 0.6 is 0 Å². The summed E-state index contributed by atoms with van der Waals surface area (Å²) < 4.78 is 4.98. The highest BCUT2D eigenvalue weighted by atomic mass is 16.5. The zero-order valence-electron chi connectivity index (χ0n) is 8.93. The van der Waals surface area contributed by atoms with Crippen molar-refractivity contribution in [2.24, 2.45) is 0 Å². The quantitative estimate of drug-likeness (QED) is 0.360. The fraction of sp³-hybridized carbons (Fsp3) is 0.727. The minimum absolute atomic E-state index is 0.169. The lowest BCUT2D eigenvalue weighted by molar-refractivity contribution is -0.139. The number of allylic oxidation sites excluding steroid dienone is 1. The van der Waals surface area contributed by atoms with Gasteiger partial charge in [-0.05, 0) is 19.8 Å². The molecule has 76 valence electrons. The maximum absolute atomic E-state index is 11.2. The zero-order chi connectivity index (χ0) is 10.1. The number of hydrogen-bond donors (Lipinski definition) is 0. The lowest BCUT2D eigenvalue weighted by Gasteiger charge is -2.02. The fourth-order valence-corrected chi connectivity index (χ4v) is 0.915. The Bertz CT molecular complexity index is 171. The highest BCUT2D eigenvalue weighted by Gasteiger charge is 2.03. The second-order valence-electron chi connectivity index (χ2n) is 3.17. The van der Waals surface area contributed by atoms with Crippen LogP contribution in [0.15, 0.2) is 11.6 Å². The number of rotatable bonds is 6. The first-order valence-corrected chi connectivity index (χ1v) is 5.06. The van der Waals surface area contributed by atoms with Gasteiger partial charge < -0.3 is 4.74 Å². The van der Waals surface area contributed by atoms with Gasteiger partial charge in [-0.15, -0.1) is 0 Å². The first kappa shape index (κ1) is 12.2. The van der Waals surface area contributed by atoms with Crippen molar-refractivity contribution in [2.45, 2.75) is 46.5 Å². The predicted octanol–water partition coefficient (Wildman–Crippen LogP) is 3.08. The Balaban J connectivity index is 3.72. The second kappa shape index (κ2) is 7.84. The average molecular weight is 184 g/mol. The van der Waals surface area contributed by atoms with E-state index >= 15 is 0 Å². The molecule has 0 aromatic rings. The molecule has 0 aromatic carbocycles. The Morgan fingerprint density at radius 3 is 2.54 bits per heavy atom. The molecule has 2 nitrogen and oxygen atoms in total. The second-order valence-corrected chi connectivity index (χ2v) is 3.17. The third-order valence-electron chi connectivity index (χ3n) is 1.77. The van der Waals surface area contributed by atoms with Gasteiger partial charge in [0.1, 0.15) is 0 Å². The normalized spacial score (nSPS) is 11.5. The number of hydrogen-bond acceptors (Lipinski definition) is 2. The molecule has 0 N–H and O–H groups in total. The maximum Gasteiger partial charge on any atom is 0.333 e. The Morgan fingerprint density at radius 1 is 1.31 bits per heavy atom. The van der Waals surface area contributed by atoms with E-state index in [-0.39, 0.29) is 5.97 Å². The first-order chi connectivity index (χ1) is 6.22. The van der Waals surface area contributed by atoms with Gasteiger partial charge in [-0.1, -0.05) is 32.8 Å². The number of unbranched alkanes of at least 4 members (excludes halogenated alkanes) is 2. The van der Waals surface area contributed by atoms with Crippen LogP contribution in [0.25, 0.3) is 0 Å². The van der Waals surface area contributed by atoms with E-state index in [1.165, 1.54) is 0 Å². The Labute approximate surface area is 81.0 Å². The van der Waals surface area contributed by atoms with Crippen LogP contribution in [-0.2, 0) is 9.53 Å². The third kappa shape index (κ3) is 6.38. The molecular formula is C11H20O2. The molecule has 0 atom stereocenters. The van der Waals surface area contributed by atoms with Crippen molar-refractivity contribution in [2.75, 3.05) is 6.61 Å². The van der Waals surface area contributed by atoms with Gasteiger partial charge in [-0.2, -0.15) is 0 Å². The van der Waals surface area contributed by atoms with Crippen molar-refractivity contribution in [3.63, 3.8) is 0 Å². The molecule has 0 aliphatic rings. The number of ether oxygens (including phenoxy) is 1. The van der Waals surface area contributed by atoms with E-state index in [2.05, 4.69) is 6.92 Å². The maximum atomic E-state index is 11.2. The van der Waals surface area contributed by atoms with Crippen LogP contribution in [0.2, 0.25) is 0 Å². The highest BCUT2D eigenvalue weighted by molar-refractivity contribution is 5.87. The van der Waals surface area contributed by atoms with Crippen molar-refractivity contribution in [3.8, 4) is 0 Å². The van der Waals surface area contributed by atoms with Crippen molar-refractivity contribution >= 4 is 5.97 Å². The van der Waals surface area contributed by atoms with Gasteiger partial charge in [-0.3, -0.25) is 0 Å². The summed E-state index contributed by atoms with van der Waals surface area (Å²) in [5.41, 5.74) is 0.738. The summed E-state index contributed by atoms with van der Waals surface area (Å²) in [7, 11) is 0. The van der Waals surface area contributed by atoms with E-state index in [0.29, 0.717) is 6.61 Å². The summed E-state index contributed by atoms with van der Waals surface area (Å²) in [5, 5.41) is 0. The molecule has 0 fully saturated rings. The molecule has 0 saturated heterocycles. The van der Waals surface area contributed by atoms with Gasteiger partial charge in [0, 0.05) is 5.57 Å². The smallest absolute Gasteiger partial charge is 0.333 e. The van der Waals surface area contributed by atoms with Gasteiger partial charge in [0.05, 0.1) is 6.61 Å². The van der Waals surface area contributed by atoms with E-state index in [1.807, 2.05) is 19.9 Å². The minimum Gasteiger partial charge on any atom is -0.462 e. The average Bonchev–Trinajstić information content (AvgIpc) is 2.14. The molecule has 0 radical (unpaired) electrons. The summed E-state index contributed by atoms with van der Waals surface area (Å²) >= 11 is 0. The summed E-state index contributed by atoms with van der Waals surface area (Å²) in [6.45, 7) is 6.47. The molecule has 0 saturated carbocycles. The van der Waals surface area contributed by atoms with Gasteiger partial charge in [0.15, 0.2) is 0 Å². The number of carbonyl (C=O) groups excluding carboxylic acids is 1. The molecule has 0 rings (SSSR count). The molecule has 13 heavy (non-hydrogen) atoms. The van der Waals surface area contributed by atoms with Crippen LogP contribution in [0.4, 0.5) is 0 Å². The molecule has 0 amide bonds. The molecule has 0 spiro atoms. The van der Waals surface area contributed by atoms with Gasteiger partial charge >= 0.3 is 5.97 Å². The van der Waals surface area contributed by atoms with Crippen molar-refractivity contribution < 1.29 is 9.53 Å². The van der Waals surface area contributed by atoms with Crippen LogP contribution in [-0.4, -0.2) is 12.6 Å². The fourth-order valence-electron chi connectivity index (χ4n) is 0.915. The molecule has 0 bridgehead atoms. The largest absolute Gasteiger partial charge is 0.462 e. The van der Waals surface area contributed by atoms with Crippen LogP contribution in [0.5, 0.6) is 0 Å². The van der Waals surface area contributed by atoms with E-state index in [0.717, 1.165) is 31.3 Å². The lowest BCUT2D eigenvalue weighted by Crippen LogP contribution is -2.06. The van der Waals surface area contributed by atoms with Crippen LogP contribution in [0, 0.1) is 0 Å². The first-order valence-electron chi connectivity index (χ1n) is 5.06. The van der Waals surface area contributed by atoms with Crippen LogP contribution in [0.1, 0.15) is 46.5 Å².